The van der Waals surface area contributed by atoms with Crippen LogP contribution in [0.3, 0.4) is 0 Å². The van der Waals surface area contributed by atoms with Gasteiger partial charge in [0.25, 0.3) is 10.0 Å². The second-order valence-electron chi connectivity index (χ2n) is 7.04. The molecule has 4 rings (SSSR count). The zero-order chi connectivity index (χ0) is 23.4. The van der Waals surface area contributed by atoms with Crippen LogP contribution in [0.5, 0.6) is 0 Å². The summed E-state index contributed by atoms with van der Waals surface area (Å²) < 4.78 is 30.5. The lowest BCUT2D eigenvalue weighted by Crippen LogP contribution is -2.33. The van der Waals surface area contributed by atoms with E-state index in [4.69, 9.17) is 0 Å². The number of hydrogen-bond donors (Lipinski definition) is 1. The SMILES string of the molecule is O=C(CC1SC(=NS(=O)(=O)c2ccc(Br)cc2)N(c2ccccc2)C1=O)Nc1ccccc1. The van der Waals surface area contributed by atoms with E-state index in [9.17, 15) is 18.0 Å². The zero-order valence-electron chi connectivity index (χ0n) is 17.1. The maximum absolute atomic E-state index is 13.2. The third-order valence-electron chi connectivity index (χ3n) is 4.69. The van der Waals surface area contributed by atoms with Crippen molar-refractivity contribution in [1.29, 1.82) is 0 Å². The highest BCUT2D eigenvalue weighted by atomic mass is 79.9. The normalized spacial score (nSPS) is 17.4. The van der Waals surface area contributed by atoms with Crippen LogP contribution in [-0.4, -0.2) is 30.6 Å². The van der Waals surface area contributed by atoms with Gasteiger partial charge in [0.1, 0.15) is 5.25 Å². The summed E-state index contributed by atoms with van der Waals surface area (Å²) in [4.78, 5) is 27.0. The second kappa shape index (κ2) is 9.90. The summed E-state index contributed by atoms with van der Waals surface area (Å²) in [7, 11) is -4.07. The average molecular weight is 544 g/mol. The van der Waals surface area contributed by atoms with Crippen molar-refractivity contribution in [2.75, 3.05) is 10.2 Å². The maximum Gasteiger partial charge on any atom is 0.284 e. The van der Waals surface area contributed by atoms with Gasteiger partial charge in [-0.3, -0.25) is 14.5 Å². The Morgan fingerprint density at radius 3 is 2.21 bits per heavy atom. The highest BCUT2D eigenvalue weighted by Gasteiger charge is 2.41. The first kappa shape index (κ1) is 23.2. The Hall–Kier alpha value is -2.95. The molecule has 2 amide bonds. The molecule has 0 aromatic heterocycles. The number of amidine groups is 1. The van der Waals surface area contributed by atoms with Crippen molar-refractivity contribution in [3.05, 3.63) is 89.4 Å². The number of para-hydroxylation sites is 2. The smallest absolute Gasteiger partial charge is 0.284 e. The first-order valence-electron chi connectivity index (χ1n) is 9.84. The molecule has 1 atom stereocenters. The molecular weight excluding hydrogens is 526 g/mol. The fourth-order valence-corrected chi connectivity index (χ4v) is 5.74. The molecule has 0 aliphatic carbocycles. The van der Waals surface area contributed by atoms with Crippen molar-refractivity contribution in [2.24, 2.45) is 4.40 Å². The minimum Gasteiger partial charge on any atom is -0.326 e. The first-order valence-corrected chi connectivity index (χ1v) is 13.0. The van der Waals surface area contributed by atoms with Crippen molar-refractivity contribution in [2.45, 2.75) is 16.6 Å². The van der Waals surface area contributed by atoms with Crippen molar-refractivity contribution >= 4 is 66.1 Å². The number of thioether (sulfide) groups is 1. The second-order valence-corrected chi connectivity index (χ2v) is 10.7. The van der Waals surface area contributed by atoms with Gasteiger partial charge in [-0.05, 0) is 48.5 Å². The van der Waals surface area contributed by atoms with Crippen LogP contribution in [0.15, 0.2) is 98.7 Å². The van der Waals surface area contributed by atoms with Gasteiger partial charge < -0.3 is 5.32 Å². The van der Waals surface area contributed by atoms with E-state index in [1.807, 2.05) is 6.07 Å². The monoisotopic (exact) mass is 543 g/mol. The molecule has 0 spiro atoms. The van der Waals surface area contributed by atoms with Gasteiger partial charge in [-0.15, -0.1) is 4.40 Å². The van der Waals surface area contributed by atoms with Crippen LogP contribution < -0.4 is 10.2 Å². The van der Waals surface area contributed by atoms with Gasteiger partial charge in [0.2, 0.25) is 11.8 Å². The van der Waals surface area contributed by atoms with Crippen molar-refractivity contribution < 1.29 is 18.0 Å². The van der Waals surface area contributed by atoms with E-state index < -0.39 is 21.2 Å². The van der Waals surface area contributed by atoms with E-state index in [1.165, 1.54) is 17.0 Å². The summed E-state index contributed by atoms with van der Waals surface area (Å²) in [5.74, 6) is -0.753. The molecule has 33 heavy (non-hydrogen) atoms. The molecule has 1 heterocycles. The van der Waals surface area contributed by atoms with Crippen LogP contribution in [0, 0.1) is 0 Å². The number of anilines is 2. The quantitative estimate of drug-likeness (QED) is 0.487. The third-order valence-corrected chi connectivity index (χ3v) is 7.75. The molecule has 1 unspecified atom stereocenters. The molecule has 0 saturated carbocycles. The van der Waals surface area contributed by atoms with Crippen LogP contribution in [0.25, 0.3) is 0 Å². The maximum atomic E-state index is 13.2. The zero-order valence-corrected chi connectivity index (χ0v) is 20.3. The molecule has 3 aromatic rings. The van der Waals surface area contributed by atoms with Crippen molar-refractivity contribution in [3.63, 3.8) is 0 Å². The van der Waals surface area contributed by atoms with E-state index in [0.717, 1.165) is 16.2 Å². The number of nitrogens with one attached hydrogen (secondary N) is 1. The molecular formula is C23H18BrN3O4S2. The van der Waals surface area contributed by atoms with E-state index >= 15 is 0 Å². The average Bonchev–Trinajstić information content (AvgIpc) is 3.09. The van der Waals surface area contributed by atoms with Crippen LogP contribution >= 0.6 is 27.7 Å². The van der Waals surface area contributed by atoms with Crippen LogP contribution in [-0.2, 0) is 19.6 Å². The fraction of sp³-hybridized carbons (Fsp3) is 0.0870. The van der Waals surface area contributed by atoms with Gasteiger partial charge in [-0.1, -0.05) is 64.1 Å². The van der Waals surface area contributed by atoms with Crippen molar-refractivity contribution in [1.82, 2.24) is 0 Å². The molecule has 0 bridgehead atoms. The lowest BCUT2D eigenvalue weighted by atomic mass is 10.2. The molecule has 1 N–H and O–H groups in total. The Balaban J connectivity index is 1.63. The van der Waals surface area contributed by atoms with E-state index in [1.54, 1.807) is 66.7 Å². The number of nitrogens with zero attached hydrogens (tertiary/aromatic N) is 2. The highest BCUT2D eigenvalue weighted by molar-refractivity contribution is 9.10. The molecule has 1 aliphatic rings. The topological polar surface area (TPSA) is 95.9 Å². The summed E-state index contributed by atoms with van der Waals surface area (Å²) in [6.45, 7) is 0. The molecule has 0 radical (unpaired) electrons. The summed E-state index contributed by atoms with van der Waals surface area (Å²) >= 11 is 4.24. The number of carbonyl (C=O) groups excluding carboxylic acids is 2. The lowest BCUT2D eigenvalue weighted by molar-refractivity contribution is -0.121. The number of rotatable bonds is 6. The highest BCUT2D eigenvalue weighted by Crippen LogP contribution is 2.35. The number of amides is 2. The lowest BCUT2D eigenvalue weighted by Gasteiger charge is -2.16. The van der Waals surface area contributed by atoms with E-state index in [2.05, 4.69) is 25.6 Å². The van der Waals surface area contributed by atoms with Crippen LogP contribution in [0.4, 0.5) is 11.4 Å². The molecule has 1 saturated heterocycles. The Labute approximate surface area is 204 Å². The number of hydrogen-bond acceptors (Lipinski definition) is 5. The van der Waals surface area contributed by atoms with Crippen molar-refractivity contribution in [3.8, 4) is 0 Å². The summed E-state index contributed by atoms with van der Waals surface area (Å²) in [6, 6.07) is 23.6. The number of carbonyl (C=O) groups is 2. The Kier molecular flexibility index (Phi) is 6.96. The van der Waals surface area contributed by atoms with Crippen LogP contribution in [0.2, 0.25) is 0 Å². The Morgan fingerprint density at radius 2 is 1.58 bits per heavy atom. The van der Waals surface area contributed by atoms with Gasteiger partial charge in [-0.2, -0.15) is 8.42 Å². The fourth-order valence-electron chi connectivity index (χ4n) is 3.14. The number of sulfonamides is 1. The predicted molar refractivity (Wildman–Crippen MR) is 134 cm³/mol. The molecule has 1 aliphatic heterocycles. The predicted octanol–water partition coefficient (Wildman–Crippen LogP) is 4.67. The Bertz CT molecular complexity index is 1300. The Morgan fingerprint density at radius 1 is 0.970 bits per heavy atom. The van der Waals surface area contributed by atoms with Crippen LogP contribution in [0.1, 0.15) is 6.42 Å². The summed E-state index contributed by atoms with van der Waals surface area (Å²) in [6.07, 6.45) is -0.126. The molecule has 7 nitrogen and oxygen atoms in total. The van der Waals surface area contributed by atoms with E-state index in [0.29, 0.717) is 11.4 Å². The minimum atomic E-state index is -4.07. The van der Waals surface area contributed by atoms with Gasteiger partial charge in [0.05, 0.1) is 10.6 Å². The molecule has 168 valence electrons. The molecule has 1 fully saturated rings. The van der Waals surface area contributed by atoms with E-state index in [-0.39, 0.29) is 22.4 Å². The molecule has 10 heteroatoms. The number of benzene rings is 3. The largest absolute Gasteiger partial charge is 0.326 e. The standard InChI is InChI=1S/C23H18BrN3O4S2/c24-16-11-13-19(14-12-16)33(30,31)26-23-27(18-9-5-2-6-10-18)22(29)20(32-23)15-21(28)25-17-7-3-1-4-8-17/h1-14,20H,15H2,(H,25,28). The summed E-state index contributed by atoms with van der Waals surface area (Å²) in [5, 5.41) is 1.95. The van der Waals surface area contributed by atoms with Gasteiger partial charge in [-0.25, -0.2) is 0 Å². The van der Waals surface area contributed by atoms with Gasteiger partial charge >= 0.3 is 0 Å². The third kappa shape index (κ3) is 5.52. The van der Waals surface area contributed by atoms with Gasteiger partial charge in [0.15, 0.2) is 5.17 Å². The number of halogens is 1. The summed E-state index contributed by atoms with van der Waals surface area (Å²) in [5.41, 5.74) is 1.09. The minimum absolute atomic E-state index is 0.00420. The first-order chi connectivity index (χ1) is 15.8. The molecule has 3 aromatic carbocycles. The van der Waals surface area contributed by atoms with Gasteiger partial charge in [0, 0.05) is 16.6 Å².